The zero-order chi connectivity index (χ0) is 21.4. The van der Waals surface area contributed by atoms with Crippen LogP contribution in [-0.2, 0) is 6.61 Å². The summed E-state index contributed by atoms with van der Waals surface area (Å²) in [6.45, 7) is 0.379. The summed E-state index contributed by atoms with van der Waals surface area (Å²) in [6, 6.07) is 26.6. The molecule has 0 saturated carbocycles. The van der Waals surface area contributed by atoms with Gasteiger partial charge in [-0.05, 0) is 40.6 Å². The predicted molar refractivity (Wildman–Crippen MR) is 126 cm³/mol. The maximum atomic E-state index is 12.9. The third-order valence-electron chi connectivity index (χ3n) is 5.43. The summed E-state index contributed by atoms with van der Waals surface area (Å²) in [4.78, 5) is 25.9. The Morgan fingerprint density at radius 3 is 2.10 bits per heavy atom. The third kappa shape index (κ3) is 3.60. The Morgan fingerprint density at radius 1 is 0.742 bits per heavy atom. The molecule has 0 spiro atoms. The molecule has 1 aliphatic carbocycles. The fourth-order valence-corrected chi connectivity index (χ4v) is 4.10. The van der Waals surface area contributed by atoms with Crippen molar-refractivity contribution in [3.63, 3.8) is 0 Å². The summed E-state index contributed by atoms with van der Waals surface area (Å²) < 4.78 is 7.15. The molecule has 0 bridgehead atoms. The average Bonchev–Trinajstić information content (AvgIpc) is 3.04. The number of rotatable bonds is 4. The van der Waals surface area contributed by atoms with Gasteiger partial charge in [0.15, 0.2) is 11.6 Å². The highest BCUT2D eigenvalue weighted by Crippen LogP contribution is 2.34. The highest BCUT2D eigenvalue weighted by atomic mass is 79.9. The molecule has 0 saturated heterocycles. The predicted octanol–water partition coefficient (Wildman–Crippen LogP) is 6.64. The van der Waals surface area contributed by atoms with Crippen LogP contribution in [0, 0.1) is 0 Å². The summed E-state index contributed by atoms with van der Waals surface area (Å²) in [6.07, 6.45) is 1.68. The van der Waals surface area contributed by atoms with Gasteiger partial charge >= 0.3 is 0 Å². The summed E-state index contributed by atoms with van der Waals surface area (Å²) >= 11 is 3.44. The SMILES string of the molecule is O=C1C(=Cc2c(OCc3ccc(Br)cc3)ccc3ccccc23)C(=O)c2ccccc21. The largest absolute Gasteiger partial charge is 0.488 e. The van der Waals surface area contributed by atoms with Crippen LogP contribution in [0.2, 0.25) is 0 Å². The molecule has 1 aliphatic rings. The second-order valence-electron chi connectivity index (χ2n) is 7.38. The minimum absolute atomic E-state index is 0.172. The summed E-state index contributed by atoms with van der Waals surface area (Å²) in [5.41, 5.74) is 2.84. The van der Waals surface area contributed by atoms with Crippen LogP contribution < -0.4 is 4.74 Å². The number of allylic oxidation sites excluding steroid dienone is 1. The van der Waals surface area contributed by atoms with Gasteiger partial charge in [0.2, 0.25) is 0 Å². The van der Waals surface area contributed by atoms with Crippen molar-refractivity contribution in [1.82, 2.24) is 0 Å². The van der Waals surface area contributed by atoms with Crippen LogP contribution in [0.5, 0.6) is 5.75 Å². The third-order valence-corrected chi connectivity index (χ3v) is 5.96. The molecule has 0 aliphatic heterocycles. The second kappa shape index (κ2) is 7.97. The summed E-state index contributed by atoms with van der Waals surface area (Å²) in [5, 5.41) is 1.95. The molecule has 0 aromatic heterocycles. The Morgan fingerprint density at radius 2 is 1.39 bits per heavy atom. The van der Waals surface area contributed by atoms with E-state index >= 15 is 0 Å². The van der Waals surface area contributed by atoms with Crippen molar-refractivity contribution in [3.8, 4) is 5.75 Å². The lowest BCUT2D eigenvalue weighted by molar-refractivity contribution is 0.0990. The van der Waals surface area contributed by atoms with Crippen molar-refractivity contribution >= 4 is 44.3 Å². The Bertz CT molecular complexity index is 1330. The first-order valence-corrected chi connectivity index (χ1v) is 10.7. The molecule has 0 N–H and O–H groups in total. The fourth-order valence-electron chi connectivity index (χ4n) is 3.84. The molecule has 0 atom stereocenters. The number of halogens is 1. The van der Waals surface area contributed by atoms with Crippen molar-refractivity contribution in [1.29, 1.82) is 0 Å². The van der Waals surface area contributed by atoms with Gasteiger partial charge < -0.3 is 4.74 Å². The minimum Gasteiger partial charge on any atom is -0.488 e. The highest BCUT2D eigenvalue weighted by Gasteiger charge is 2.32. The zero-order valence-electron chi connectivity index (χ0n) is 16.5. The van der Waals surface area contributed by atoms with E-state index in [-0.39, 0.29) is 17.1 Å². The van der Waals surface area contributed by atoms with E-state index in [2.05, 4.69) is 15.9 Å². The molecule has 4 aromatic rings. The van der Waals surface area contributed by atoms with E-state index in [1.165, 1.54) is 0 Å². The summed E-state index contributed by atoms with van der Waals surface area (Å²) in [7, 11) is 0. The number of hydrogen-bond acceptors (Lipinski definition) is 3. The lowest BCUT2D eigenvalue weighted by Gasteiger charge is -2.13. The van der Waals surface area contributed by atoms with E-state index in [4.69, 9.17) is 4.74 Å². The van der Waals surface area contributed by atoms with Gasteiger partial charge in [0, 0.05) is 21.2 Å². The number of carbonyl (C=O) groups is 2. The van der Waals surface area contributed by atoms with Crippen LogP contribution in [0.25, 0.3) is 16.8 Å². The van der Waals surface area contributed by atoms with Gasteiger partial charge in [-0.25, -0.2) is 0 Å². The Labute approximate surface area is 188 Å². The van der Waals surface area contributed by atoms with Gasteiger partial charge in [-0.2, -0.15) is 0 Å². The highest BCUT2D eigenvalue weighted by molar-refractivity contribution is 9.10. The fraction of sp³-hybridized carbons (Fsp3) is 0.0370. The van der Waals surface area contributed by atoms with Crippen molar-refractivity contribution in [2.24, 2.45) is 0 Å². The van der Waals surface area contributed by atoms with Crippen LogP contribution in [0.3, 0.4) is 0 Å². The van der Waals surface area contributed by atoms with Crippen LogP contribution in [-0.4, -0.2) is 11.6 Å². The number of benzene rings is 4. The standard InChI is InChI=1S/C27H17BrO3/c28-19-12-9-17(10-13-19)16-31-25-14-11-18-5-1-2-6-20(18)23(25)15-24-26(29)21-7-3-4-8-22(21)27(24)30/h1-15H,16H2. The van der Waals surface area contributed by atoms with Gasteiger partial charge in [0.05, 0.1) is 5.57 Å². The van der Waals surface area contributed by atoms with Crippen molar-refractivity contribution < 1.29 is 14.3 Å². The molecule has 5 rings (SSSR count). The van der Waals surface area contributed by atoms with Gasteiger partial charge in [-0.15, -0.1) is 0 Å². The van der Waals surface area contributed by atoms with Crippen LogP contribution in [0.4, 0.5) is 0 Å². The molecule has 0 amide bonds. The second-order valence-corrected chi connectivity index (χ2v) is 8.29. The van der Waals surface area contributed by atoms with Crippen molar-refractivity contribution in [2.45, 2.75) is 6.61 Å². The number of Topliss-reactive ketones (excluding diaryl/α,β-unsaturated/α-hetero) is 2. The molecule has 0 heterocycles. The van der Waals surface area contributed by atoms with Gasteiger partial charge in [0.1, 0.15) is 12.4 Å². The van der Waals surface area contributed by atoms with Crippen LogP contribution in [0.1, 0.15) is 31.8 Å². The maximum absolute atomic E-state index is 12.9. The Balaban J connectivity index is 1.59. The van der Waals surface area contributed by atoms with E-state index in [0.29, 0.717) is 23.5 Å². The molecule has 0 radical (unpaired) electrons. The first-order chi connectivity index (χ1) is 15.1. The quantitative estimate of drug-likeness (QED) is 0.249. The van der Waals surface area contributed by atoms with E-state index in [0.717, 1.165) is 26.4 Å². The number of fused-ring (bicyclic) bond motifs is 2. The Kier molecular flexibility index (Phi) is 5.00. The van der Waals surface area contributed by atoms with Gasteiger partial charge in [0.25, 0.3) is 0 Å². The van der Waals surface area contributed by atoms with E-state index in [1.807, 2.05) is 60.7 Å². The number of carbonyl (C=O) groups excluding carboxylic acids is 2. The summed E-state index contributed by atoms with van der Waals surface area (Å²) in [5.74, 6) is 0.144. The lowest BCUT2D eigenvalue weighted by atomic mass is 9.99. The van der Waals surface area contributed by atoms with E-state index in [1.54, 1.807) is 30.3 Å². The molecule has 4 heteroatoms. The first-order valence-electron chi connectivity index (χ1n) is 9.91. The average molecular weight is 469 g/mol. The van der Waals surface area contributed by atoms with Crippen molar-refractivity contribution in [3.05, 3.63) is 117 Å². The van der Waals surface area contributed by atoms with E-state index < -0.39 is 0 Å². The molecule has 3 nitrogen and oxygen atoms in total. The van der Waals surface area contributed by atoms with Crippen molar-refractivity contribution in [2.75, 3.05) is 0 Å². The topological polar surface area (TPSA) is 43.4 Å². The maximum Gasteiger partial charge on any atom is 0.197 e. The molecule has 150 valence electrons. The van der Waals surface area contributed by atoms with Gasteiger partial charge in [-0.3, -0.25) is 9.59 Å². The van der Waals surface area contributed by atoms with Crippen LogP contribution in [0.15, 0.2) is 95.0 Å². The van der Waals surface area contributed by atoms with Crippen LogP contribution >= 0.6 is 15.9 Å². The normalized spacial score (nSPS) is 12.9. The number of ketones is 2. The molecular formula is C27H17BrO3. The lowest BCUT2D eigenvalue weighted by Crippen LogP contribution is -2.02. The molecule has 31 heavy (non-hydrogen) atoms. The number of hydrogen-bond donors (Lipinski definition) is 0. The number of ether oxygens (including phenoxy) is 1. The molecule has 4 aromatic carbocycles. The zero-order valence-corrected chi connectivity index (χ0v) is 18.1. The monoisotopic (exact) mass is 468 g/mol. The Hall–Kier alpha value is -3.50. The minimum atomic E-state index is -0.243. The molecule has 0 fully saturated rings. The molecule has 0 unspecified atom stereocenters. The van der Waals surface area contributed by atoms with Gasteiger partial charge in [-0.1, -0.05) is 82.7 Å². The molecular weight excluding hydrogens is 452 g/mol. The van der Waals surface area contributed by atoms with E-state index in [9.17, 15) is 9.59 Å². The smallest absolute Gasteiger partial charge is 0.197 e. The first kappa shape index (κ1) is 19.5.